The maximum atomic E-state index is 13.5. The average molecular weight is 524 g/mol. The fourth-order valence-corrected chi connectivity index (χ4v) is 5.07. The molecule has 0 saturated heterocycles. The maximum Gasteiger partial charge on any atom is 0.272 e. The highest BCUT2D eigenvalue weighted by molar-refractivity contribution is 6.35. The maximum absolute atomic E-state index is 13.5. The number of ether oxygens (including phenoxy) is 1. The van der Waals surface area contributed by atoms with E-state index in [4.69, 9.17) is 33.0 Å². The van der Waals surface area contributed by atoms with Crippen molar-refractivity contribution in [1.82, 2.24) is 15.1 Å². The largest absolute Gasteiger partial charge is 0.376 e. The first kappa shape index (κ1) is 24.5. The standard InChI is InChI=1S/C28H24Cl2FN3O2/c1-17(19-5-3-2-4-6-19)32-28(35)26-23-16-36-15-20(13-18-7-10-22(31)11-8-18)27(23)34(33-26)25-12-9-21(29)14-24(25)30/h2-12,14,17,20H,13,15-16H2,1H3,(H,32,35)/t17-,20?/m1/s1. The highest BCUT2D eigenvalue weighted by Gasteiger charge is 2.33. The Labute approximate surface area is 218 Å². The minimum atomic E-state index is -0.294. The summed E-state index contributed by atoms with van der Waals surface area (Å²) in [4.78, 5) is 13.4. The Hall–Kier alpha value is -3.19. The van der Waals surface area contributed by atoms with Crippen LogP contribution >= 0.6 is 23.2 Å². The molecule has 0 bridgehead atoms. The second kappa shape index (κ2) is 10.4. The third kappa shape index (κ3) is 5.03. The van der Waals surface area contributed by atoms with E-state index in [-0.39, 0.29) is 30.3 Å². The van der Waals surface area contributed by atoms with Gasteiger partial charge in [0.2, 0.25) is 0 Å². The van der Waals surface area contributed by atoms with Crippen molar-refractivity contribution in [3.05, 3.63) is 117 Å². The fraction of sp³-hybridized carbons (Fsp3) is 0.214. The predicted octanol–water partition coefficient (Wildman–Crippen LogP) is 6.67. The van der Waals surface area contributed by atoms with Crippen molar-refractivity contribution in [3.8, 4) is 5.69 Å². The Kier molecular flexibility index (Phi) is 7.10. The van der Waals surface area contributed by atoms with Gasteiger partial charge in [-0.15, -0.1) is 0 Å². The summed E-state index contributed by atoms with van der Waals surface area (Å²) in [5, 5.41) is 8.72. The molecule has 184 valence electrons. The lowest BCUT2D eigenvalue weighted by atomic mass is 9.91. The van der Waals surface area contributed by atoms with E-state index >= 15 is 0 Å². The number of aromatic nitrogens is 2. The lowest BCUT2D eigenvalue weighted by molar-refractivity contribution is 0.0849. The van der Waals surface area contributed by atoms with E-state index in [9.17, 15) is 9.18 Å². The molecule has 0 spiro atoms. The Morgan fingerprint density at radius 2 is 1.89 bits per heavy atom. The number of benzene rings is 3. The van der Waals surface area contributed by atoms with Gasteiger partial charge in [0.25, 0.3) is 5.91 Å². The van der Waals surface area contributed by atoms with Gasteiger partial charge in [-0.25, -0.2) is 9.07 Å². The number of carbonyl (C=O) groups is 1. The topological polar surface area (TPSA) is 56.2 Å². The molecule has 0 radical (unpaired) electrons. The lowest BCUT2D eigenvalue weighted by Crippen LogP contribution is -2.28. The number of nitrogens with one attached hydrogen (secondary N) is 1. The van der Waals surface area contributed by atoms with Crippen molar-refractivity contribution >= 4 is 29.1 Å². The number of fused-ring (bicyclic) bond motifs is 1. The summed E-state index contributed by atoms with van der Waals surface area (Å²) < 4.78 is 21.1. The Morgan fingerprint density at radius 1 is 1.14 bits per heavy atom. The highest BCUT2D eigenvalue weighted by Crippen LogP contribution is 2.36. The monoisotopic (exact) mass is 523 g/mol. The highest BCUT2D eigenvalue weighted by atomic mass is 35.5. The van der Waals surface area contributed by atoms with E-state index in [0.717, 1.165) is 22.4 Å². The van der Waals surface area contributed by atoms with Gasteiger partial charge < -0.3 is 10.1 Å². The van der Waals surface area contributed by atoms with Crippen LogP contribution < -0.4 is 5.32 Å². The number of hydrogen-bond donors (Lipinski definition) is 1. The molecule has 1 N–H and O–H groups in total. The van der Waals surface area contributed by atoms with E-state index in [1.54, 1.807) is 35.0 Å². The SMILES string of the molecule is C[C@@H](NC(=O)c1nn(-c2ccc(Cl)cc2Cl)c2c1COCC2Cc1ccc(F)cc1)c1ccccc1. The van der Waals surface area contributed by atoms with Crippen LogP contribution in [0.1, 0.15) is 51.8 Å². The number of carbonyl (C=O) groups excluding carboxylic acids is 1. The van der Waals surface area contributed by atoms with E-state index in [1.165, 1.54) is 12.1 Å². The lowest BCUT2D eigenvalue weighted by Gasteiger charge is -2.25. The Morgan fingerprint density at radius 3 is 2.61 bits per heavy atom. The summed E-state index contributed by atoms with van der Waals surface area (Å²) in [6.07, 6.45) is 0.589. The molecule has 4 aromatic rings. The molecule has 2 heterocycles. The summed E-state index contributed by atoms with van der Waals surface area (Å²) in [6, 6.07) is 21.1. The molecule has 1 amide bonds. The van der Waals surface area contributed by atoms with Crippen LogP contribution in [0, 0.1) is 5.82 Å². The summed E-state index contributed by atoms with van der Waals surface area (Å²) >= 11 is 12.7. The Bertz CT molecular complexity index is 1390. The number of nitrogens with zero attached hydrogens (tertiary/aromatic N) is 2. The van der Waals surface area contributed by atoms with Crippen LogP contribution in [0.2, 0.25) is 10.0 Å². The van der Waals surface area contributed by atoms with Crippen molar-refractivity contribution < 1.29 is 13.9 Å². The third-order valence-corrected chi connectivity index (χ3v) is 6.91. The van der Waals surface area contributed by atoms with Crippen LogP contribution in [-0.4, -0.2) is 22.3 Å². The van der Waals surface area contributed by atoms with E-state index < -0.39 is 0 Å². The van der Waals surface area contributed by atoms with Gasteiger partial charge in [-0.1, -0.05) is 65.7 Å². The number of rotatable bonds is 6. The van der Waals surface area contributed by atoms with Gasteiger partial charge in [-0.05, 0) is 54.8 Å². The zero-order valence-corrected chi connectivity index (χ0v) is 21.1. The predicted molar refractivity (Wildman–Crippen MR) is 138 cm³/mol. The summed E-state index contributed by atoms with van der Waals surface area (Å²) in [6.45, 7) is 2.62. The molecule has 8 heteroatoms. The zero-order valence-electron chi connectivity index (χ0n) is 19.5. The van der Waals surface area contributed by atoms with Crippen LogP contribution in [0.3, 0.4) is 0 Å². The molecule has 0 aliphatic carbocycles. The van der Waals surface area contributed by atoms with Crippen molar-refractivity contribution in [2.24, 2.45) is 0 Å². The Balaban J connectivity index is 1.56. The van der Waals surface area contributed by atoms with Gasteiger partial charge in [0.15, 0.2) is 5.69 Å². The minimum Gasteiger partial charge on any atom is -0.376 e. The minimum absolute atomic E-state index is 0.119. The van der Waals surface area contributed by atoms with Crippen LogP contribution in [0.4, 0.5) is 4.39 Å². The smallest absolute Gasteiger partial charge is 0.272 e. The zero-order chi connectivity index (χ0) is 25.2. The second-order valence-corrected chi connectivity index (χ2v) is 9.71. The van der Waals surface area contributed by atoms with E-state index in [1.807, 2.05) is 37.3 Å². The molecular formula is C28H24Cl2FN3O2. The normalized spacial score (nSPS) is 15.8. The molecule has 1 aromatic heterocycles. The molecule has 0 fully saturated rings. The molecule has 1 aliphatic heterocycles. The van der Waals surface area contributed by atoms with Gasteiger partial charge in [-0.2, -0.15) is 5.10 Å². The molecule has 1 unspecified atom stereocenters. The number of halogens is 3. The average Bonchev–Trinajstić information content (AvgIpc) is 3.26. The number of hydrogen-bond acceptors (Lipinski definition) is 3. The molecule has 2 atom stereocenters. The number of amides is 1. The quantitative estimate of drug-likeness (QED) is 0.307. The van der Waals surface area contributed by atoms with Crippen LogP contribution in [-0.2, 0) is 17.8 Å². The first-order valence-electron chi connectivity index (χ1n) is 11.7. The molecule has 3 aromatic carbocycles. The molecule has 5 nitrogen and oxygen atoms in total. The first-order chi connectivity index (χ1) is 17.4. The molecular weight excluding hydrogens is 500 g/mol. The van der Waals surface area contributed by atoms with Crippen LogP contribution in [0.25, 0.3) is 5.69 Å². The summed E-state index contributed by atoms with van der Waals surface area (Å²) in [5.41, 5.74) is 4.44. The molecule has 36 heavy (non-hydrogen) atoms. The van der Waals surface area contributed by atoms with Crippen molar-refractivity contribution in [2.45, 2.75) is 31.9 Å². The van der Waals surface area contributed by atoms with Crippen LogP contribution in [0.15, 0.2) is 72.8 Å². The van der Waals surface area contributed by atoms with Gasteiger partial charge in [0, 0.05) is 16.5 Å². The van der Waals surface area contributed by atoms with E-state index in [0.29, 0.717) is 34.5 Å². The van der Waals surface area contributed by atoms with Gasteiger partial charge >= 0.3 is 0 Å². The first-order valence-corrected chi connectivity index (χ1v) is 12.4. The van der Waals surface area contributed by atoms with Crippen molar-refractivity contribution in [3.63, 3.8) is 0 Å². The molecule has 1 aliphatic rings. The van der Waals surface area contributed by atoms with E-state index in [2.05, 4.69) is 5.32 Å². The second-order valence-electron chi connectivity index (χ2n) is 8.87. The van der Waals surface area contributed by atoms with Gasteiger partial charge in [0.1, 0.15) is 5.82 Å². The third-order valence-electron chi connectivity index (χ3n) is 6.37. The van der Waals surface area contributed by atoms with Crippen molar-refractivity contribution in [2.75, 3.05) is 6.61 Å². The summed E-state index contributed by atoms with van der Waals surface area (Å²) in [7, 11) is 0. The van der Waals surface area contributed by atoms with Crippen molar-refractivity contribution in [1.29, 1.82) is 0 Å². The fourth-order valence-electron chi connectivity index (χ4n) is 4.58. The van der Waals surface area contributed by atoms with Gasteiger partial charge in [-0.3, -0.25) is 4.79 Å². The molecule has 5 rings (SSSR count). The molecule has 0 saturated carbocycles. The van der Waals surface area contributed by atoms with Crippen LogP contribution in [0.5, 0.6) is 0 Å². The summed E-state index contributed by atoms with van der Waals surface area (Å²) in [5.74, 6) is -0.701. The van der Waals surface area contributed by atoms with Gasteiger partial charge in [0.05, 0.1) is 35.7 Å².